The first kappa shape index (κ1) is 13.1. The molecule has 0 spiro atoms. The second-order valence-electron chi connectivity index (χ2n) is 6.56. The van der Waals surface area contributed by atoms with E-state index in [1.54, 1.807) is 0 Å². The minimum Gasteiger partial charge on any atom is -0.429 e. The highest BCUT2D eigenvalue weighted by Crippen LogP contribution is 2.52. The summed E-state index contributed by atoms with van der Waals surface area (Å²) in [6, 6.07) is 10.2. The number of carbonyl (C=O) groups excluding carboxylic acids is 1. The van der Waals surface area contributed by atoms with Crippen molar-refractivity contribution in [3.63, 3.8) is 0 Å². The minimum atomic E-state index is -0.566. The third kappa shape index (κ3) is 2.53. The average Bonchev–Trinajstić information content (AvgIpc) is 3.18. The summed E-state index contributed by atoms with van der Waals surface area (Å²) in [7, 11) is 0. The smallest absolute Gasteiger partial charge is 0.429 e. The number of ether oxygens (including phenoxy) is 2. The number of hydrogen-bond donors (Lipinski definition) is 1. The zero-order valence-electron chi connectivity index (χ0n) is 12.0. The van der Waals surface area contributed by atoms with Crippen molar-refractivity contribution in [3.8, 4) is 0 Å². The van der Waals surface area contributed by atoms with Crippen molar-refractivity contribution in [1.29, 1.82) is 0 Å². The number of hydrogen-bond acceptors (Lipinski definition) is 4. The fraction of sp³-hybridized carbons (Fsp3) is 0.588. The van der Waals surface area contributed by atoms with E-state index in [9.17, 15) is 4.79 Å². The normalized spacial score (nSPS) is 36.5. The maximum atomic E-state index is 11.8. The predicted octanol–water partition coefficient (Wildman–Crippen LogP) is 3.07. The minimum absolute atomic E-state index is 0.160. The van der Waals surface area contributed by atoms with E-state index in [1.807, 2.05) is 30.3 Å². The van der Waals surface area contributed by atoms with Crippen LogP contribution in [0.2, 0.25) is 0 Å². The van der Waals surface area contributed by atoms with Gasteiger partial charge in [0.25, 0.3) is 0 Å². The van der Waals surface area contributed by atoms with Crippen LogP contribution in [0.4, 0.5) is 4.79 Å². The van der Waals surface area contributed by atoms with Crippen molar-refractivity contribution in [3.05, 3.63) is 35.9 Å². The summed E-state index contributed by atoms with van der Waals surface area (Å²) in [4.78, 5) is 11.8. The lowest BCUT2D eigenvalue weighted by Crippen LogP contribution is -2.37. The Morgan fingerprint density at radius 2 is 1.95 bits per heavy atom. The van der Waals surface area contributed by atoms with Crippen LogP contribution in [0.15, 0.2) is 30.3 Å². The summed E-state index contributed by atoms with van der Waals surface area (Å²) in [5.74, 6) is 2.35. The highest BCUT2D eigenvalue weighted by molar-refractivity contribution is 5.60. The Labute approximate surface area is 124 Å². The van der Waals surface area contributed by atoms with Gasteiger partial charge in [-0.1, -0.05) is 30.3 Å². The third-order valence-corrected chi connectivity index (χ3v) is 5.39. The van der Waals surface area contributed by atoms with E-state index in [4.69, 9.17) is 9.47 Å². The number of benzene rings is 1. The molecule has 4 nitrogen and oxygen atoms in total. The van der Waals surface area contributed by atoms with Gasteiger partial charge in [0.1, 0.15) is 6.61 Å². The highest BCUT2D eigenvalue weighted by atomic mass is 16.7. The van der Waals surface area contributed by atoms with E-state index in [-0.39, 0.29) is 12.8 Å². The molecule has 21 heavy (non-hydrogen) atoms. The average molecular weight is 287 g/mol. The molecule has 1 aromatic rings. The van der Waals surface area contributed by atoms with Crippen LogP contribution in [-0.4, -0.2) is 18.4 Å². The van der Waals surface area contributed by atoms with Crippen molar-refractivity contribution < 1.29 is 14.3 Å². The summed E-state index contributed by atoms with van der Waals surface area (Å²) in [6.45, 7) is 0.268. The molecule has 5 atom stereocenters. The topological polar surface area (TPSA) is 47.6 Å². The molecule has 0 amide bonds. The Morgan fingerprint density at radius 1 is 1.14 bits per heavy atom. The predicted molar refractivity (Wildman–Crippen MR) is 77.4 cm³/mol. The molecule has 0 unspecified atom stereocenters. The SMILES string of the molecule is O=C(OCc1ccccc1)O[C@@H]1C[C@@H]2[C@@H]3CC[C@@H](C3)[C@@H]2N1. The van der Waals surface area contributed by atoms with E-state index in [2.05, 4.69) is 5.32 Å². The molecule has 0 radical (unpaired) electrons. The first-order valence-corrected chi connectivity index (χ1v) is 7.93. The Kier molecular flexibility index (Phi) is 3.34. The second-order valence-corrected chi connectivity index (χ2v) is 6.56. The van der Waals surface area contributed by atoms with Crippen molar-refractivity contribution >= 4 is 6.16 Å². The zero-order chi connectivity index (χ0) is 14.2. The fourth-order valence-electron chi connectivity index (χ4n) is 4.49. The van der Waals surface area contributed by atoms with Gasteiger partial charge in [0.15, 0.2) is 6.23 Å². The first-order chi connectivity index (χ1) is 10.3. The molecule has 1 heterocycles. The molecule has 1 aromatic carbocycles. The van der Waals surface area contributed by atoms with Crippen LogP contribution in [-0.2, 0) is 16.1 Å². The van der Waals surface area contributed by atoms with Crippen LogP contribution < -0.4 is 5.32 Å². The van der Waals surface area contributed by atoms with Gasteiger partial charge in [-0.15, -0.1) is 0 Å². The van der Waals surface area contributed by atoms with Gasteiger partial charge in [0.05, 0.1) is 0 Å². The molecule has 3 fully saturated rings. The summed E-state index contributed by atoms with van der Waals surface area (Å²) in [6.07, 6.45) is 4.29. The molecule has 4 heteroatoms. The van der Waals surface area contributed by atoms with Gasteiger partial charge < -0.3 is 9.47 Å². The van der Waals surface area contributed by atoms with Gasteiger partial charge in [-0.3, -0.25) is 5.32 Å². The van der Waals surface area contributed by atoms with Crippen molar-refractivity contribution in [2.75, 3.05) is 0 Å². The lowest BCUT2D eigenvalue weighted by Gasteiger charge is -2.23. The van der Waals surface area contributed by atoms with E-state index in [0.717, 1.165) is 23.8 Å². The monoisotopic (exact) mass is 287 g/mol. The summed E-state index contributed by atoms with van der Waals surface area (Å²) in [5.41, 5.74) is 0.976. The van der Waals surface area contributed by atoms with E-state index >= 15 is 0 Å². The first-order valence-electron chi connectivity index (χ1n) is 7.93. The zero-order valence-corrected chi connectivity index (χ0v) is 12.0. The molecule has 2 saturated carbocycles. The lowest BCUT2D eigenvalue weighted by atomic mass is 9.85. The van der Waals surface area contributed by atoms with Crippen molar-refractivity contribution in [1.82, 2.24) is 5.32 Å². The molecule has 4 rings (SSSR count). The van der Waals surface area contributed by atoms with E-state index < -0.39 is 6.16 Å². The Morgan fingerprint density at radius 3 is 2.76 bits per heavy atom. The number of rotatable bonds is 3. The Bertz CT molecular complexity index is 500. The molecule has 1 aliphatic heterocycles. The fourth-order valence-corrected chi connectivity index (χ4v) is 4.49. The van der Waals surface area contributed by atoms with Crippen LogP contribution in [0, 0.1) is 17.8 Å². The van der Waals surface area contributed by atoms with Gasteiger partial charge in [-0.25, -0.2) is 4.79 Å². The summed E-state index contributed by atoms with van der Waals surface area (Å²) >= 11 is 0. The Hall–Kier alpha value is -1.55. The molecule has 112 valence electrons. The number of fused-ring (bicyclic) bond motifs is 5. The quantitative estimate of drug-likeness (QED) is 0.868. The molecule has 3 aliphatic rings. The van der Waals surface area contributed by atoms with Gasteiger partial charge >= 0.3 is 6.16 Å². The van der Waals surface area contributed by atoms with Gasteiger partial charge in [-0.05, 0) is 42.6 Å². The maximum absolute atomic E-state index is 11.8. The Balaban J connectivity index is 1.26. The third-order valence-electron chi connectivity index (χ3n) is 5.39. The second kappa shape index (κ2) is 5.34. The molecule has 2 bridgehead atoms. The molecular weight excluding hydrogens is 266 g/mol. The van der Waals surface area contributed by atoms with E-state index in [0.29, 0.717) is 12.0 Å². The van der Waals surface area contributed by atoms with Crippen LogP contribution >= 0.6 is 0 Å². The standard InChI is InChI=1S/C17H21NO3/c19-17(20-10-11-4-2-1-3-5-11)21-15-9-14-12-6-7-13(8-12)16(14)18-15/h1-5,12-16,18H,6-10H2/t12-,13+,14-,15-,16+/m1/s1. The highest BCUT2D eigenvalue weighted by Gasteiger charge is 2.52. The van der Waals surface area contributed by atoms with Crippen LogP contribution in [0.3, 0.4) is 0 Å². The number of nitrogens with one attached hydrogen (secondary N) is 1. The number of carbonyl (C=O) groups is 1. The summed E-state index contributed by atoms with van der Waals surface area (Å²) < 4.78 is 10.6. The van der Waals surface area contributed by atoms with Crippen LogP contribution in [0.1, 0.15) is 31.2 Å². The maximum Gasteiger partial charge on any atom is 0.510 e. The molecule has 0 aromatic heterocycles. The lowest BCUT2D eigenvalue weighted by molar-refractivity contribution is 0.0106. The van der Waals surface area contributed by atoms with Gasteiger partial charge in [0, 0.05) is 12.5 Å². The van der Waals surface area contributed by atoms with Gasteiger partial charge in [0.2, 0.25) is 0 Å². The molecule has 1 N–H and O–H groups in total. The van der Waals surface area contributed by atoms with Crippen LogP contribution in [0.5, 0.6) is 0 Å². The molecule has 1 saturated heterocycles. The molecule has 2 aliphatic carbocycles. The van der Waals surface area contributed by atoms with Gasteiger partial charge in [-0.2, -0.15) is 0 Å². The van der Waals surface area contributed by atoms with E-state index in [1.165, 1.54) is 19.3 Å². The van der Waals surface area contributed by atoms with Crippen molar-refractivity contribution in [2.45, 2.75) is 44.6 Å². The largest absolute Gasteiger partial charge is 0.510 e. The van der Waals surface area contributed by atoms with Crippen molar-refractivity contribution in [2.24, 2.45) is 17.8 Å². The molecular formula is C17H21NO3. The van der Waals surface area contributed by atoms with Crippen LogP contribution in [0.25, 0.3) is 0 Å². The summed E-state index contributed by atoms with van der Waals surface area (Å²) in [5, 5.41) is 3.49.